The maximum Gasteiger partial charge on any atom is 0.279 e. The van der Waals surface area contributed by atoms with Gasteiger partial charge in [0.2, 0.25) is 0 Å². The molecule has 0 radical (unpaired) electrons. The minimum Gasteiger partial charge on any atom is -0.332 e. The Balaban J connectivity index is 2.00. The molecular formula is C21H29N2O+. The highest BCUT2D eigenvalue weighted by Crippen LogP contribution is 2.23. The van der Waals surface area contributed by atoms with Crippen molar-refractivity contribution >= 4 is 11.6 Å². The number of anilines is 1. The van der Waals surface area contributed by atoms with Crippen LogP contribution in [0.2, 0.25) is 0 Å². The predicted molar refractivity (Wildman–Crippen MR) is 100.0 cm³/mol. The van der Waals surface area contributed by atoms with Gasteiger partial charge < -0.3 is 10.6 Å². The Morgan fingerprint density at radius 3 is 2.21 bits per heavy atom. The van der Waals surface area contributed by atoms with Gasteiger partial charge >= 0.3 is 0 Å². The molecule has 1 atom stereocenters. The molecule has 3 nitrogen and oxygen atoms in total. The molecule has 2 aromatic rings. The van der Waals surface area contributed by atoms with E-state index in [2.05, 4.69) is 68.7 Å². The van der Waals surface area contributed by atoms with Gasteiger partial charge in [0.05, 0.1) is 0 Å². The van der Waals surface area contributed by atoms with Crippen LogP contribution < -0.4 is 10.6 Å². The van der Waals surface area contributed by atoms with Gasteiger partial charge in [0, 0.05) is 17.2 Å². The van der Waals surface area contributed by atoms with Gasteiger partial charge in [0.15, 0.2) is 6.54 Å². The van der Waals surface area contributed by atoms with Crippen LogP contribution in [0.5, 0.6) is 0 Å². The number of carbonyl (C=O) groups excluding carboxylic acids is 1. The van der Waals surface area contributed by atoms with Crippen LogP contribution in [0.1, 0.15) is 50.8 Å². The molecule has 2 aromatic carbocycles. The second-order valence-electron chi connectivity index (χ2n) is 6.91. The van der Waals surface area contributed by atoms with Crippen LogP contribution in [-0.4, -0.2) is 12.5 Å². The molecule has 2 rings (SSSR count). The lowest BCUT2D eigenvalue weighted by Gasteiger charge is -2.20. The summed E-state index contributed by atoms with van der Waals surface area (Å²) in [5.74, 6) is 0.894. The number of benzene rings is 2. The summed E-state index contributed by atoms with van der Waals surface area (Å²) in [5.41, 5.74) is 3.36. The molecular weight excluding hydrogens is 296 g/mol. The summed E-state index contributed by atoms with van der Waals surface area (Å²) in [5, 5.41) is 5.20. The normalized spacial score (nSPS) is 12.4. The fourth-order valence-corrected chi connectivity index (χ4v) is 3.02. The maximum absolute atomic E-state index is 12.4. The molecule has 0 bridgehead atoms. The zero-order valence-electron chi connectivity index (χ0n) is 15.1. The van der Waals surface area contributed by atoms with E-state index >= 15 is 0 Å². The summed E-state index contributed by atoms with van der Waals surface area (Å²) in [7, 11) is 0. The minimum absolute atomic E-state index is 0.0460. The molecule has 0 aliphatic heterocycles. The van der Waals surface area contributed by atoms with Crippen molar-refractivity contribution in [1.82, 2.24) is 0 Å². The fraction of sp³-hybridized carbons (Fsp3) is 0.381. The van der Waals surface area contributed by atoms with E-state index in [1.165, 1.54) is 11.1 Å². The second kappa shape index (κ2) is 8.65. The highest BCUT2D eigenvalue weighted by molar-refractivity contribution is 5.92. The van der Waals surface area contributed by atoms with Crippen LogP contribution >= 0.6 is 0 Å². The number of carbonyl (C=O) groups is 1. The van der Waals surface area contributed by atoms with Crippen LogP contribution in [-0.2, 0) is 4.79 Å². The standard InChI is InChI=1S/C21H28N2O/c1-15(2)18-12-8-9-13-19(18)23-20(24)14-22-21(16(3)4)17-10-6-5-7-11-17/h5-13,15-16,21-22H,14H2,1-4H3,(H,23,24)/p+1/t21-/m0/s1. The van der Waals surface area contributed by atoms with E-state index in [4.69, 9.17) is 0 Å². The van der Waals surface area contributed by atoms with E-state index in [0.29, 0.717) is 18.4 Å². The van der Waals surface area contributed by atoms with Crippen molar-refractivity contribution in [2.45, 2.75) is 39.7 Å². The van der Waals surface area contributed by atoms with Crippen molar-refractivity contribution in [3.63, 3.8) is 0 Å². The van der Waals surface area contributed by atoms with E-state index in [-0.39, 0.29) is 11.9 Å². The van der Waals surface area contributed by atoms with Crippen molar-refractivity contribution in [3.8, 4) is 0 Å². The average molecular weight is 325 g/mol. The van der Waals surface area contributed by atoms with Gasteiger partial charge in [0.1, 0.15) is 6.04 Å². The van der Waals surface area contributed by atoms with Gasteiger partial charge in [-0.2, -0.15) is 0 Å². The Bertz CT molecular complexity index is 650. The topological polar surface area (TPSA) is 45.7 Å². The lowest BCUT2D eigenvalue weighted by molar-refractivity contribution is -0.692. The first-order valence-electron chi connectivity index (χ1n) is 8.76. The number of nitrogens with two attached hydrogens (primary N) is 1. The Morgan fingerprint density at radius 1 is 0.958 bits per heavy atom. The molecule has 0 unspecified atom stereocenters. The van der Waals surface area contributed by atoms with Crippen molar-refractivity contribution in [2.75, 3.05) is 11.9 Å². The van der Waals surface area contributed by atoms with Gasteiger partial charge in [-0.3, -0.25) is 4.79 Å². The third-order valence-corrected chi connectivity index (χ3v) is 4.32. The van der Waals surface area contributed by atoms with Crippen LogP contribution in [0.25, 0.3) is 0 Å². The maximum atomic E-state index is 12.4. The summed E-state index contributed by atoms with van der Waals surface area (Å²) in [6, 6.07) is 18.7. The largest absolute Gasteiger partial charge is 0.332 e. The molecule has 0 saturated carbocycles. The molecule has 0 saturated heterocycles. The quantitative estimate of drug-likeness (QED) is 0.801. The van der Waals surface area contributed by atoms with Gasteiger partial charge in [-0.25, -0.2) is 0 Å². The number of rotatable bonds is 7. The minimum atomic E-state index is 0.0460. The van der Waals surface area contributed by atoms with Gasteiger partial charge in [-0.05, 0) is 17.5 Å². The summed E-state index contributed by atoms with van der Waals surface area (Å²) < 4.78 is 0. The van der Waals surface area contributed by atoms with Gasteiger partial charge in [0.25, 0.3) is 5.91 Å². The predicted octanol–water partition coefficient (Wildman–Crippen LogP) is 3.71. The van der Waals surface area contributed by atoms with E-state index in [9.17, 15) is 4.79 Å². The van der Waals surface area contributed by atoms with Crippen LogP contribution in [0.15, 0.2) is 54.6 Å². The van der Waals surface area contributed by atoms with Crippen LogP contribution in [0.4, 0.5) is 5.69 Å². The van der Waals surface area contributed by atoms with Crippen molar-refractivity contribution in [3.05, 3.63) is 65.7 Å². The molecule has 0 fully saturated rings. The molecule has 1 amide bonds. The van der Waals surface area contributed by atoms with E-state index in [0.717, 1.165) is 5.69 Å². The first-order chi connectivity index (χ1) is 11.5. The number of hydrogen-bond acceptors (Lipinski definition) is 1. The molecule has 3 N–H and O–H groups in total. The molecule has 0 heterocycles. The molecule has 0 aromatic heterocycles. The zero-order chi connectivity index (χ0) is 17.5. The van der Waals surface area contributed by atoms with Crippen molar-refractivity contribution in [2.24, 2.45) is 5.92 Å². The number of para-hydroxylation sites is 1. The highest BCUT2D eigenvalue weighted by Gasteiger charge is 2.20. The van der Waals surface area contributed by atoms with E-state index in [1.54, 1.807) is 0 Å². The number of nitrogens with one attached hydrogen (secondary N) is 1. The van der Waals surface area contributed by atoms with Crippen LogP contribution in [0.3, 0.4) is 0 Å². The Labute approximate surface area is 145 Å². The second-order valence-corrected chi connectivity index (χ2v) is 6.91. The molecule has 0 aliphatic carbocycles. The lowest BCUT2D eigenvalue weighted by Crippen LogP contribution is -2.88. The smallest absolute Gasteiger partial charge is 0.279 e. The van der Waals surface area contributed by atoms with Crippen molar-refractivity contribution < 1.29 is 10.1 Å². The van der Waals surface area contributed by atoms with E-state index < -0.39 is 0 Å². The summed E-state index contributed by atoms with van der Waals surface area (Å²) >= 11 is 0. The monoisotopic (exact) mass is 325 g/mol. The SMILES string of the molecule is CC(C)c1ccccc1NC(=O)C[NH2+][C@H](c1ccccc1)C(C)C. The summed E-state index contributed by atoms with van der Waals surface area (Å²) in [4.78, 5) is 12.4. The van der Waals surface area contributed by atoms with E-state index in [1.807, 2.05) is 24.3 Å². The third-order valence-electron chi connectivity index (χ3n) is 4.32. The lowest BCUT2D eigenvalue weighted by atomic mass is 9.96. The van der Waals surface area contributed by atoms with Gasteiger partial charge in [-0.15, -0.1) is 0 Å². The third kappa shape index (κ3) is 4.93. The molecule has 128 valence electrons. The average Bonchev–Trinajstić information content (AvgIpc) is 2.56. The zero-order valence-corrected chi connectivity index (χ0v) is 15.1. The van der Waals surface area contributed by atoms with Crippen molar-refractivity contribution in [1.29, 1.82) is 0 Å². The number of quaternary nitrogens is 1. The Kier molecular flexibility index (Phi) is 6.56. The molecule has 0 aliphatic rings. The fourth-order valence-electron chi connectivity index (χ4n) is 3.02. The van der Waals surface area contributed by atoms with Gasteiger partial charge in [-0.1, -0.05) is 76.2 Å². The number of hydrogen-bond donors (Lipinski definition) is 2. The summed E-state index contributed by atoms with van der Waals surface area (Å²) in [6.45, 7) is 9.09. The van der Waals surface area contributed by atoms with Crippen LogP contribution in [0, 0.1) is 5.92 Å². The molecule has 0 spiro atoms. The first-order valence-corrected chi connectivity index (χ1v) is 8.76. The first kappa shape index (κ1) is 18.2. The number of amides is 1. The molecule has 3 heteroatoms. The summed E-state index contributed by atoms with van der Waals surface area (Å²) in [6.07, 6.45) is 0. The molecule has 24 heavy (non-hydrogen) atoms. The Hall–Kier alpha value is -2.13. The highest BCUT2D eigenvalue weighted by atomic mass is 16.1. The Morgan fingerprint density at radius 2 is 1.58 bits per heavy atom.